The monoisotopic (exact) mass is 255 g/mol. The Labute approximate surface area is 108 Å². The van der Waals surface area contributed by atoms with Gasteiger partial charge in [-0.15, -0.1) is 0 Å². The highest BCUT2D eigenvalue weighted by atomic mass is 32.2. The van der Waals surface area contributed by atoms with Crippen molar-refractivity contribution in [3.05, 3.63) is 35.1 Å². The molecule has 1 N–H and O–H groups in total. The van der Waals surface area contributed by atoms with E-state index in [1.165, 1.54) is 0 Å². The Morgan fingerprint density at radius 3 is 2.65 bits per heavy atom. The molecule has 0 fully saturated rings. The fourth-order valence-electron chi connectivity index (χ4n) is 1.72. The second-order valence-corrected chi connectivity index (χ2v) is 5.61. The van der Waals surface area contributed by atoms with Crippen LogP contribution >= 0.6 is 11.8 Å². The van der Waals surface area contributed by atoms with Crippen LogP contribution in [0.2, 0.25) is 0 Å². The topological polar surface area (TPSA) is 12.0 Å². The Morgan fingerprint density at radius 1 is 1.35 bits per heavy atom. The van der Waals surface area contributed by atoms with E-state index in [2.05, 4.69) is 25.4 Å². The van der Waals surface area contributed by atoms with Crippen molar-refractivity contribution in [3.63, 3.8) is 0 Å². The van der Waals surface area contributed by atoms with Crippen molar-refractivity contribution in [1.82, 2.24) is 5.32 Å². The Kier molecular flexibility index (Phi) is 6.00. The van der Waals surface area contributed by atoms with Crippen LogP contribution < -0.4 is 5.32 Å². The van der Waals surface area contributed by atoms with Gasteiger partial charge in [-0.1, -0.05) is 19.1 Å². The molecular formula is C14H22FNS. The molecule has 0 radical (unpaired) electrons. The molecule has 2 atom stereocenters. The molecule has 3 heteroatoms. The largest absolute Gasteiger partial charge is 0.310 e. The molecule has 2 unspecified atom stereocenters. The molecule has 0 saturated heterocycles. The summed E-state index contributed by atoms with van der Waals surface area (Å²) in [6.07, 6.45) is 2.12. The van der Waals surface area contributed by atoms with E-state index in [-0.39, 0.29) is 11.9 Å². The molecule has 0 amide bonds. The van der Waals surface area contributed by atoms with Crippen LogP contribution in [0.25, 0.3) is 0 Å². The van der Waals surface area contributed by atoms with Crippen molar-refractivity contribution in [2.45, 2.75) is 26.8 Å². The molecule has 1 nitrogen and oxygen atoms in total. The van der Waals surface area contributed by atoms with Gasteiger partial charge < -0.3 is 5.32 Å². The molecule has 0 saturated carbocycles. The minimum atomic E-state index is -0.117. The van der Waals surface area contributed by atoms with Crippen LogP contribution in [0.4, 0.5) is 4.39 Å². The molecule has 1 aromatic carbocycles. The lowest BCUT2D eigenvalue weighted by Crippen LogP contribution is -2.25. The van der Waals surface area contributed by atoms with Crippen LogP contribution in [0.15, 0.2) is 18.2 Å². The molecule has 0 bridgehead atoms. The first-order chi connectivity index (χ1) is 8.04. The SMILES string of the molecule is CSCC(C)CNC(C)c1ccc(C)c(F)c1. The Morgan fingerprint density at radius 2 is 2.06 bits per heavy atom. The lowest BCUT2D eigenvalue weighted by Gasteiger charge is -2.18. The zero-order chi connectivity index (χ0) is 12.8. The first kappa shape index (κ1) is 14.5. The second-order valence-electron chi connectivity index (χ2n) is 4.70. The van der Waals surface area contributed by atoms with Gasteiger partial charge in [0.05, 0.1) is 0 Å². The average Bonchev–Trinajstić information content (AvgIpc) is 2.30. The number of hydrogen-bond acceptors (Lipinski definition) is 2. The number of benzene rings is 1. The van der Waals surface area contributed by atoms with Crippen LogP contribution in [0.1, 0.15) is 31.0 Å². The molecular weight excluding hydrogens is 233 g/mol. The number of nitrogens with one attached hydrogen (secondary N) is 1. The molecule has 0 spiro atoms. The van der Waals surface area contributed by atoms with Crippen molar-refractivity contribution in [2.75, 3.05) is 18.6 Å². The summed E-state index contributed by atoms with van der Waals surface area (Å²) >= 11 is 1.86. The van der Waals surface area contributed by atoms with Gasteiger partial charge in [0, 0.05) is 6.04 Å². The predicted octanol–water partition coefficient (Wildman–Crippen LogP) is 3.78. The standard InChI is InChI=1S/C14H22FNS/c1-10(9-17-4)8-16-12(3)13-6-5-11(2)14(15)7-13/h5-7,10,12,16H,8-9H2,1-4H3. The van der Waals surface area contributed by atoms with Gasteiger partial charge in [0.25, 0.3) is 0 Å². The van der Waals surface area contributed by atoms with Crippen molar-refractivity contribution in [1.29, 1.82) is 0 Å². The quantitative estimate of drug-likeness (QED) is 0.830. The van der Waals surface area contributed by atoms with E-state index >= 15 is 0 Å². The zero-order valence-electron chi connectivity index (χ0n) is 11.1. The first-order valence-corrected chi connectivity index (χ1v) is 7.42. The normalized spacial score (nSPS) is 14.6. The average molecular weight is 255 g/mol. The maximum absolute atomic E-state index is 13.4. The van der Waals surface area contributed by atoms with Crippen LogP contribution in [0.5, 0.6) is 0 Å². The minimum Gasteiger partial charge on any atom is -0.310 e. The van der Waals surface area contributed by atoms with Gasteiger partial charge in [-0.2, -0.15) is 11.8 Å². The van der Waals surface area contributed by atoms with E-state index < -0.39 is 0 Å². The lowest BCUT2D eigenvalue weighted by molar-refractivity contribution is 0.498. The molecule has 0 aliphatic carbocycles. The Balaban J connectivity index is 2.52. The van der Waals surface area contributed by atoms with Crippen LogP contribution in [-0.2, 0) is 0 Å². The third kappa shape index (κ3) is 4.68. The summed E-state index contributed by atoms with van der Waals surface area (Å²) in [5.41, 5.74) is 1.72. The highest BCUT2D eigenvalue weighted by Gasteiger charge is 2.09. The van der Waals surface area contributed by atoms with Gasteiger partial charge in [0.15, 0.2) is 0 Å². The van der Waals surface area contributed by atoms with Crippen molar-refractivity contribution >= 4 is 11.8 Å². The first-order valence-electron chi connectivity index (χ1n) is 6.03. The van der Waals surface area contributed by atoms with Gasteiger partial charge in [0.2, 0.25) is 0 Å². The van der Waals surface area contributed by atoms with Crippen molar-refractivity contribution < 1.29 is 4.39 Å². The third-order valence-corrected chi connectivity index (χ3v) is 3.82. The van der Waals surface area contributed by atoms with E-state index in [0.717, 1.165) is 17.9 Å². The predicted molar refractivity (Wildman–Crippen MR) is 75.1 cm³/mol. The van der Waals surface area contributed by atoms with Crippen molar-refractivity contribution in [3.8, 4) is 0 Å². The van der Waals surface area contributed by atoms with Crippen molar-refractivity contribution in [2.24, 2.45) is 5.92 Å². The second kappa shape index (κ2) is 7.02. The van der Waals surface area contributed by atoms with Gasteiger partial charge in [-0.25, -0.2) is 4.39 Å². The molecule has 1 rings (SSSR count). The van der Waals surface area contributed by atoms with E-state index in [4.69, 9.17) is 0 Å². The molecule has 0 heterocycles. The van der Waals surface area contributed by atoms with Crippen LogP contribution in [0.3, 0.4) is 0 Å². The Bertz CT molecular complexity index is 354. The summed E-state index contributed by atoms with van der Waals surface area (Å²) in [5, 5.41) is 3.45. The summed E-state index contributed by atoms with van der Waals surface area (Å²) in [5.74, 6) is 1.68. The number of rotatable bonds is 6. The summed E-state index contributed by atoms with van der Waals surface area (Å²) in [6.45, 7) is 7.07. The molecule has 0 aromatic heterocycles. The molecule has 96 valence electrons. The summed E-state index contributed by atoms with van der Waals surface area (Å²) in [7, 11) is 0. The smallest absolute Gasteiger partial charge is 0.126 e. The van der Waals surface area contributed by atoms with Gasteiger partial charge >= 0.3 is 0 Å². The van der Waals surface area contributed by atoms with E-state index in [9.17, 15) is 4.39 Å². The molecule has 0 aliphatic heterocycles. The van der Waals surface area contributed by atoms with Crippen LogP contribution in [-0.4, -0.2) is 18.6 Å². The maximum atomic E-state index is 13.4. The van der Waals surface area contributed by atoms with Crippen LogP contribution in [0, 0.1) is 18.7 Å². The fourth-order valence-corrected chi connectivity index (χ4v) is 2.40. The molecule has 0 aliphatic rings. The highest BCUT2D eigenvalue weighted by Crippen LogP contribution is 2.16. The molecule has 17 heavy (non-hydrogen) atoms. The maximum Gasteiger partial charge on any atom is 0.126 e. The number of hydrogen-bond donors (Lipinski definition) is 1. The summed E-state index contributed by atoms with van der Waals surface area (Å²) in [6, 6.07) is 5.67. The fraction of sp³-hybridized carbons (Fsp3) is 0.571. The summed E-state index contributed by atoms with van der Waals surface area (Å²) < 4.78 is 13.4. The lowest BCUT2D eigenvalue weighted by atomic mass is 10.1. The minimum absolute atomic E-state index is 0.117. The summed E-state index contributed by atoms with van der Waals surface area (Å²) in [4.78, 5) is 0. The number of halogens is 1. The van der Waals surface area contributed by atoms with Gasteiger partial charge in [-0.3, -0.25) is 0 Å². The number of aryl methyl sites for hydroxylation is 1. The van der Waals surface area contributed by atoms with Gasteiger partial charge in [-0.05, 0) is 55.5 Å². The van der Waals surface area contributed by atoms with E-state index in [1.807, 2.05) is 23.9 Å². The Hall–Kier alpha value is -0.540. The van der Waals surface area contributed by atoms with E-state index in [0.29, 0.717) is 11.5 Å². The number of thioether (sulfide) groups is 1. The molecule has 1 aromatic rings. The van der Waals surface area contributed by atoms with E-state index in [1.54, 1.807) is 13.0 Å². The zero-order valence-corrected chi connectivity index (χ0v) is 11.9. The van der Waals surface area contributed by atoms with Gasteiger partial charge in [0.1, 0.15) is 5.82 Å². The highest BCUT2D eigenvalue weighted by molar-refractivity contribution is 7.98. The third-order valence-electron chi connectivity index (χ3n) is 2.92.